The molecule has 5 heteroatoms. The van der Waals surface area contributed by atoms with E-state index in [2.05, 4.69) is 4.72 Å². The van der Waals surface area contributed by atoms with E-state index in [-0.39, 0.29) is 11.8 Å². The second kappa shape index (κ2) is 5.09. The summed E-state index contributed by atoms with van der Waals surface area (Å²) in [6, 6.07) is -0.0718. The van der Waals surface area contributed by atoms with Gasteiger partial charge in [-0.3, -0.25) is 0 Å². The maximum atomic E-state index is 11.5. The van der Waals surface area contributed by atoms with Gasteiger partial charge in [-0.05, 0) is 34.6 Å². The van der Waals surface area contributed by atoms with Crippen LogP contribution in [0.15, 0.2) is 0 Å². The summed E-state index contributed by atoms with van der Waals surface area (Å²) in [5.74, 6) is -0.00792. The van der Waals surface area contributed by atoms with Crippen LogP contribution in [-0.2, 0) is 14.8 Å². The minimum atomic E-state index is -3.24. The Morgan fingerprint density at radius 1 is 1.36 bits per heavy atom. The number of hydrogen-bond acceptors (Lipinski definition) is 3. The van der Waals surface area contributed by atoms with Gasteiger partial charge in [-0.25, -0.2) is 13.1 Å². The molecular weight excluding hydrogens is 202 g/mol. The molecule has 1 N–H and O–H groups in total. The molecule has 0 bridgehead atoms. The van der Waals surface area contributed by atoms with Crippen molar-refractivity contribution in [1.82, 2.24) is 4.72 Å². The van der Waals surface area contributed by atoms with Gasteiger partial charge in [0.05, 0.1) is 11.4 Å². The van der Waals surface area contributed by atoms with Crippen LogP contribution in [-0.4, -0.2) is 32.4 Å². The monoisotopic (exact) mass is 223 g/mol. The van der Waals surface area contributed by atoms with E-state index in [1.54, 1.807) is 27.7 Å². The molecule has 0 heterocycles. The van der Waals surface area contributed by atoms with Crippen LogP contribution in [0.4, 0.5) is 0 Å². The van der Waals surface area contributed by atoms with Gasteiger partial charge in [0, 0.05) is 12.6 Å². The summed E-state index contributed by atoms with van der Waals surface area (Å²) in [6.07, 6.45) is 0. The summed E-state index contributed by atoms with van der Waals surface area (Å²) in [5.41, 5.74) is -0.629. The number of hydrogen-bond donors (Lipinski definition) is 1. The lowest BCUT2D eigenvalue weighted by atomic mass is 10.2. The minimum Gasteiger partial charge on any atom is -0.375 e. The van der Waals surface area contributed by atoms with Crippen molar-refractivity contribution in [3.05, 3.63) is 0 Å². The first-order chi connectivity index (χ1) is 6.18. The first-order valence-electron chi connectivity index (χ1n) is 4.82. The van der Waals surface area contributed by atoms with Crippen LogP contribution < -0.4 is 4.72 Å². The van der Waals surface area contributed by atoms with E-state index in [1.165, 1.54) is 0 Å². The van der Waals surface area contributed by atoms with Gasteiger partial charge in [-0.1, -0.05) is 0 Å². The molecule has 0 aliphatic heterocycles. The normalized spacial score (nSPS) is 13.6. The molecule has 0 rings (SSSR count). The molecule has 0 aliphatic carbocycles. The first kappa shape index (κ1) is 13.9. The van der Waals surface area contributed by atoms with Gasteiger partial charge < -0.3 is 4.74 Å². The van der Waals surface area contributed by atoms with Crippen LogP contribution in [0.2, 0.25) is 0 Å². The lowest BCUT2D eigenvalue weighted by Crippen LogP contribution is -2.41. The Kier molecular flexibility index (Phi) is 5.05. The lowest BCUT2D eigenvalue weighted by molar-refractivity contribution is 0.00779. The second-order valence-electron chi connectivity index (χ2n) is 4.22. The smallest absolute Gasteiger partial charge is 0.214 e. The molecular formula is C9H21NO3S. The average Bonchev–Trinajstić information content (AvgIpc) is 1.78. The molecule has 0 aliphatic rings. The van der Waals surface area contributed by atoms with E-state index in [9.17, 15) is 8.42 Å². The van der Waals surface area contributed by atoms with Gasteiger partial charge in [-0.2, -0.15) is 0 Å². The van der Waals surface area contributed by atoms with Gasteiger partial charge in [-0.15, -0.1) is 0 Å². The predicted molar refractivity (Wildman–Crippen MR) is 57.8 cm³/mol. The molecule has 4 nitrogen and oxygen atoms in total. The van der Waals surface area contributed by atoms with Crippen molar-refractivity contribution < 1.29 is 13.2 Å². The van der Waals surface area contributed by atoms with E-state index < -0.39 is 15.6 Å². The van der Waals surface area contributed by atoms with Crippen molar-refractivity contribution in [3.8, 4) is 0 Å². The third kappa shape index (κ3) is 6.34. The van der Waals surface area contributed by atoms with Crippen LogP contribution in [0.1, 0.15) is 34.6 Å². The highest BCUT2D eigenvalue weighted by atomic mass is 32.2. The Morgan fingerprint density at radius 3 is 2.21 bits per heavy atom. The van der Waals surface area contributed by atoms with Gasteiger partial charge in [0.2, 0.25) is 10.0 Å². The Morgan fingerprint density at radius 2 is 1.86 bits per heavy atom. The molecule has 0 unspecified atom stereocenters. The van der Waals surface area contributed by atoms with Crippen LogP contribution in [0.3, 0.4) is 0 Å². The summed E-state index contributed by atoms with van der Waals surface area (Å²) in [4.78, 5) is 0. The van der Waals surface area contributed by atoms with Gasteiger partial charge in [0.25, 0.3) is 0 Å². The van der Waals surface area contributed by atoms with E-state index in [1.807, 2.05) is 6.92 Å². The summed E-state index contributed by atoms with van der Waals surface area (Å²) >= 11 is 0. The summed E-state index contributed by atoms with van der Waals surface area (Å²) in [6.45, 7) is 9.51. The zero-order valence-electron chi connectivity index (χ0n) is 9.62. The van der Waals surface area contributed by atoms with Crippen LogP contribution in [0.5, 0.6) is 0 Å². The topological polar surface area (TPSA) is 55.4 Å². The second-order valence-corrected chi connectivity index (χ2v) is 5.98. The molecule has 0 spiro atoms. The highest BCUT2D eigenvalue weighted by molar-refractivity contribution is 7.89. The van der Waals surface area contributed by atoms with Crippen molar-refractivity contribution in [2.75, 3.05) is 12.4 Å². The average molecular weight is 223 g/mol. The molecule has 0 atom stereocenters. The van der Waals surface area contributed by atoms with Crippen LogP contribution >= 0.6 is 0 Å². The fraction of sp³-hybridized carbons (Fsp3) is 1.00. The largest absolute Gasteiger partial charge is 0.375 e. The van der Waals surface area contributed by atoms with Crippen molar-refractivity contribution in [2.45, 2.75) is 46.3 Å². The predicted octanol–water partition coefficient (Wildman–Crippen LogP) is 1.13. The Hall–Kier alpha value is -0.130. The van der Waals surface area contributed by atoms with Crippen molar-refractivity contribution >= 4 is 10.0 Å². The Labute approximate surface area is 87.1 Å². The number of rotatable bonds is 6. The first-order valence-corrected chi connectivity index (χ1v) is 6.48. The number of nitrogens with one attached hydrogen (secondary N) is 1. The highest BCUT2D eigenvalue weighted by Gasteiger charge is 2.26. The van der Waals surface area contributed by atoms with Crippen LogP contribution in [0.25, 0.3) is 0 Å². The Bertz CT molecular complexity index is 257. The van der Waals surface area contributed by atoms with Gasteiger partial charge in [0.15, 0.2) is 0 Å². The zero-order valence-corrected chi connectivity index (χ0v) is 10.4. The summed E-state index contributed by atoms with van der Waals surface area (Å²) in [7, 11) is -3.24. The van der Waals surface area contributed by atoms with Crippen LogP contribution in [0, 0.1) is 0 Å². The molecule has 0 radical (unpaired) electrons. The molecule has 0 fully saturated rings. The van der Waals surface area contributed by atoms with Gasteiger partial charge in [0.1, 0.15) is 0 Å². The van der Waals surface area contributed by atoms with E-state index in [4.69, 9.17) is 4.74 Å². The molecule has 86 valence electrons. The van der Waals surface area contributed by atoms with E-state index in [0.29, 0.717) is 6.61 Å². The van der Waals surface area contributed by atoms with E-state index in [0.717, 1.165) is 0 Å². The fourth-order valence-electron chi connectivity index (χ4n) is 1.29. The highest BCUT2D eigenvalue weighted by Crippen LogP contribution is 2.11. The van der Waals surface area contributed by atoms with Gasteiger partial charge >= 0.3 is 0 Å². The fourth-order valence-corrected chi connectivity index (χ4v) is 3.09. The molecule has 0 aromatic carbocycles. The molecule has 14 heavy (non-hydrogen) atoms. The maximum Gasteiger partial charge on any atom is 0.214 e. The lowest BCUT2D eigenvalue weighted by Gasteiger charge is -2.24. The zero-order chi connectivity index (χ0) is 11.4. The molecule has 0 saturated heterocycles. The Balaban J connectivity index is 4.35. The van der Waals surface area contributed by atoms with Crippen molar-refractivity contribution in [3.63, 3.8) is 0 Å². The quantitative estimate of drug-likeness (QED) is 0.734. The molecule has 0 aromatic heterocycles. The summed E-state index contributed by atoms with van der Waals surface area (Å²) in [5, 5.41) is 0. The van der Waals surface area contributed by atoms with E-state index >= 15 is 0 Å². The number of sulfonamides is 1. The minimum absolute atomic E-state index is 0.00792. The van der Waals surface area contributed by atoms with Crippen molar-refractivity contribution in [2.24, 2.45) is 0 Å². The summed E-state index contributed by atoms with van der Waals surface area (Å²) < 4.78 is 30.9. The molecule has 0 amide bonds. The third-order valence-corrected chi connectivity index (χ3v) is 3.39. The van der Waals surface area contributed by atoms with Crippen molar-refractivity contribution in [1.29, 1.82) is 0 Å². The number of ether oxygens (including phenoxy) is 1. The standard InChI is InChI=1S/C9H21NO3S/c1-6-13-9(4,5)7-14(11,12)10-8(2)3/h8,10H,6-7H2,1-5H3. The maximum absolute atomic E-state index is 11.5. The third-order valence-electron chi connectivity index (χ3n) is 1.49. The molecule has 0 saturated carbocycles. The SMILES string of the molecule is CCOC(C)(C)CS(=O)(=O)NC(C)C. The molecule has 0 aromatic rings.